The molecule has 2 heterocycles. The monoisotopic (exact) mass is 490 g/mol. The van der Waals surface area contributed by atoms with Crippen LogP contribution in [0.3, 0.4) is 0 Å². The molecule has 0 aromatic heterocycles. The Balaban J connectivity index is 1.35. The number of carbonyl (C=O) groups excluding carboxylic acids is 1. The fourth-order valence-electron chi connectivity index (χ4n) is 4.92. The summed E-state index contributed by atoms with van der Waals surface area (Å²) in [4.78, 5) is 15.2. The van der Waals surface area contributed by atoms with E-state index in [1.807, 2.05) is 24.3 Å². The highest BCUT2D eigenvalue weighted by Gasteiger charge is 2.34. The molecule has 1 atom stereocenters. The maximum Gasteiger partial charge on any atom is 0.259 e. The summed E-state index contributed by atoms with van der Waals surface area (Å²) in [6.07, 6.45) is 1.72. The number of nitrogens with zero attached hydrogens (tertiary/aromatic N) is 1. The molecule has 2 aliphatic rings. The van der Waals surface area contributed by atoms with Crippen molar-refractivity contribution in [3.63, 3.8) is 0 Å². The van der Waals surface area contributed by atoms with Gasteiger partial charge in [-0.05, 0) is 61.3 Å². The molecule has 0 saturated heterocycles. The minimum Gasteiger partial charge on any atom is -0.497 e. The molecule has 8 nitrogen and oxygen atoms in total. The van der Waals surface area contributed by atoms with Crippen LogP contribution in [0.2, 0.25) is 0 Å². The molecular weight excluding hydrogens is 460 g/mol. The Morgan fingerprint density at radius 2 is 1.83 bits per heavy atom. The van der Waals surface area contributed by atoms with Crippen LogP contribution in [0, 0.1) is 0 Å². The van der Waals surface area contributed by atoms with E-state index in [1.165, 1.54) is 12.7 Å². The van der Waals surface area contributed by atoms with Crippen molar-refractivity contribution in [3.05, 3.63) is 70.8 Å². The molecule has 0 fully saturated rings. The summed E-state index contributed by atoms with van der Waals surface area (Å²) < 4.78 is 27.7. The number of methoxy groups -OCH3 is 3. The van der Waals surface area contributed by atoms with E-state index in [1.54, 1.807) is 32.4 Å². The smallest absolute Gasteiger partial charge is 0.259 e. The quantitative estimate of drug-likeness (QED) is 0.524. The number of hydrogen-bond acceptors (Lipinski definition) is 7. The summed E-state index contributed by atoms with van der Waals surface area (Å²) in [6.45, 7) is 1.16. The number of nitrogens with one attached hydrogen (secondary N) is 1. The molecular formula is C28H30N2O6. The fourth-order valence-corrected chi connectivity index (χ4v) is 4.92. The van der Waals surface area contributed by atoms with Crippen LogP contribution in [0.5, 0.6) is 28.7 Å². The Morgan fingerprint density at radius 1 is 1.03 bits per heavy atom. The first-order valence-electron chi connectivity index (χ1n) is 11.8. The lowest BCUT2D eigenvalue weighted by Crippen LogP contribution is -2.33. The Labute approximate surface area is 210 Å². The molecule has 0 saturated carbocycles. The highest BCUT2D eigenvalue weighted by Crippen LogP contribution is 2.50. The van der Waals surface area contributed by atoms with Crippen molar-refractivity contribution in [1.82, 2.24) is 4.90 Å². The fraction of sp³-hybridized carbons (Fsp3) is 0.321. The molecule has 1 amide bonds. The molecule has 188 valence electrons. The maximum absolute atomic E-state index is 12.9. The van der Waals surface area contributed by atoms with Gasteiger partial charge in [0.05, 0.1) is 26.9 Å². The number of carbonyl (C=O) groups is 1. The number of likely N-dealkylation sites (N-methyl/N-ethyl adjacent to an activating group) is 1. The van der Waals surface area contributed by atoms with Crippen molar-refractivity contribution in [2.24, 2.45) is 0 Å². The molecule has 36 heavy (non-hydrogen) atoms. The number of anilines is 1. The lowest BCUT2D eigenvalue weighted by Gasteiger charge is -2.36. The van der Waals surface area contributed by atoms with Gasteiger partial charge in [-0.25, -0.2) is 0 Å². The predicted molar refractivity (Wildman–Crippen MR) is 136 cm³/mol. The van der Waals surface area contributed by atoms with E-state index >= 15 is 0 Å². The number of rotatable bonds is 7. The van der Waals surface area contributed by atoms with E-state index in [4.69, 9.17) is 23.7 Å². The van der Waals surface area contributed by atoms with Gasteiger partial charge in [-0.1, -0.05) is 12.1 Å². The standard InChI is InChI=1S/C28H30N2O6/c1-30-12-11-18-14-24-26(36-16-35-24)27(34-4)25(18)22(30)13-17-5-7-19(8-6-17)29-28(31)21-10-9-20(32-2)15-23(21)33-3/h5-10,14-15,22H,11-13,16H2,1-4H3,(H,29,31)/t22-/m0/s1. The molecule has 0 spiro atoms. The third-order valence-corrected chi connectivity index (χ3v) is 6.84. The highest BCUT2D eigenvalue weighted by atomic mass is 16.7. The molecule has 8 heteroatoms. The van der Waals surface area contributed by atoms with Crippen LogP contribution >= 0.6 is 0 Å². The van der Waals surface area contributed by atoms with Gasteiger partial charge < -0.3 is 29.0 Å². The minimum absolute atomic E-state index is 0.127. The van der Waals surface area contributed by atoms with Crippen LogP contribution in [0.15, 0.2) is 48.5 Å². The first kappa shape index (κ1) is 23.8. The van der Waals surface area contributed by atoms with Gasteiger partial charge in [0.15, 0.2) is 11.5 Å². The number of benzene rings is 3. The number of fused-ring (bicyclic) bond motifs is 2. The molecule has 0 unspecified atom stereocenters. The van der Waals surface area contributed by atoms with Crippen molar-refractivity contribution in [3.8, 4) is 28.7 Å². The molecule has 2 aliphatic heterocycles. The van der Waals surface area contributed by atoms with Gasteiger partial charge in [0.2, 0.25) is 12.5 Å². The summed E-state index contributed by atoms with van der Waals surface area (Å²) in [5.74, 6) is 3.03. The number of hydrogen-bond donors (Lipinski definition) is 1. The molecule has 3 aromatic rings. The van der Waals surface area contributed by atoms with E-state index in [0.29, 0.717) is 28.5 Å². The van der Waals surface area contributed by atoms with Crippen molar-refractivity contribution in [2.45, 2.75) is 18.9 Å². The summed E-state index contributed by atoms with van der Waals surface area (Å²) in [5.41, 5.74) is 4.68. The lowest BCUT2D eigenvalue weighted by atomic mass is 9.87. The molecule has 0 bridgehead atoms. The van der Waals surface area contributed by atoms with E-state index in [-0.39, 0.29) is 18.7 Å². The van der Waals surface area contributed by atoms with Gasteiger partial charge >= 0.3 is 0 Å². The summed E-state index contributed by atoms with van der Waals surface area (Å²) in [6, 6.07) is 15.3. The van der Waals surface area contributed by atoms with E-state index in [2.05, 4.69) is 23.3 Å². The molecule has 0 radical (unpaired) electrons. The molecule has 5 rings (SSSR count). The predicted octanol–water partition coefficient (Wildman–Crippen LogP) is 4.47. The Kier molecular flexibility index (Phi) is 6.61. The van der Waals surface area contributed by atoms with Gasteiger partial charge in [0, 0.05) is 29.9 Å². The Morgan fingerprint density at radius 3 is 2.56 bits per heavy atom. The minimum atomic E-state index is -0.246. The van der Waals surface area contributed by atoms with Crippen molar-refractivity contribution in [1.29, 1.82) is 0 Å². The zero-order chi connectivity index (χ0) is 25.2. The van der Waals surface area contributed by atoms with Gasteiger partial charge in [0.25, 0.3) is 5.91 Å². The zero-order valence-corrected chi connectivity index (χ0v) is 20.9. The first-order valence-corrected chi connectivity index (χ1v) is 11.8. The van der Waals surface area contributed by atoms with Gasteiger partial charge in [-0.15, -0.1) is 0 Å². The second kappa shape index (κ2) is 9.99. The summed E-state index contributed by atoms with van der Waals surface area (Å²) in [7, 11) is 6.92. The zero-order valence-electron chi connectivity index (χ0n) is 20.9. The van der Waals surface area contributed by atoms with Crippen LogP contribution < -0.4 is 29.0 Å². The van der Waals surface area contributed by atoms with Gasteiger partial charge in [-0.3, -0.25) is 9.69 Å². The molecule has 3 aromatic carbocycles. The van der Waals surface area contributed by atoms with Gasteiger partial charge in [-0.2, -0.15) is 0 Å². The van der Waals surface area contributed by atoms with E-state index in [9.17, 15) is 4.79 Å². The van der Waals surface area contributed by atoms with Crippen molar-refractivity contribution >= 4 is 11.6 Å². The lowest BCUT2D eigenvalue weighted by molar-refractivity contribution is 0.102. The van der Waals surface area contributed by atoms with Crippen molar-refractivity contribution in [2.75, 3.05) is 47.0 Å². The first-order chi connectivity index (χ1) is 17.5. The third kappa shape index (κ3) is 4.40. The van der Waals surface area contributed by atoms with Crippen LogP contribution in [0.4, 0.5) is 5.69 Å². The summed E-state index contributed by atoms with van der Waals surface area (Å²) in [5, 5.41) is 2.95. The van der Waals surface area contributed by atoms with E-state index < -0.39 is 0 Å². The van der Waals surface area contributed by atoms with Gasteiger partial charge in [0.1, 0.15) is 11.5 Å². The maximum atomic E-state index is 12.9. The summed E-state index contributed by atoms with van der Waals surface area (Å²) >= 11 is 0. The number of ether oxygens (including phenoxy) is 5. The topological polar surface area (TPSA) is 78.5 Å². The second-order valence-electron chi connectivity index (χ2n) is 8.88. The van der Waals surface area contributed by atoms with Crippen LogP contribution in [0.1, 0.15) is 33.1 Å². The van der Waals surface area contributed by atoms with Crippen LogP contribution in [-0.2, 0) is 12.8 Å². The number of amides is 1. The van der Waals surface area contributed by atoms with Crippen LogP contribution in [-0.4, -0.2) is 52.5 Å². The van der Waals surface area contributed by atoms with Crippen LogP contribution in [0.25, 0.3) is 0 Å². The highest BCUT2D eigenvalue weighted by molar-refractivity contribution is 6.06. The Bertz CT molecular complexity index is 1270. The average Bonchev–Trinajstić information content (AvgIpc) is 3.38. The largest absolute Gasteiger partial charge is 0.497 e. The molecule has 0 aliphatic carbocycles. The molecule has 1 N–H and O–H groups in total. The Hall–Kier alpha value is -3.91. The normalized spacial score (nSPS) is 16.3. The average molecular weight is 491 g/mol. The van der Waals surface area contributed by atoms with E-state index in [0.717, 1.165) is 42.0 Å². The van der Waals surface area contributed by atoms with Crippen molar-refractivity contribution < 1.29 is 28.5 Å². The second-order valence-corrected chi connectivity index (χ2v) is 8.88. The third-order valence-electron chi connectivity index (χ3n) is 6.84. The SMILES string of the molecule is COc1ccc(C(=O)Nc2ccc(C[C@H]3c4c(cc5c(c4OC)OCO5)CCN3C)cc2)c(OC)c1.